The van der Waals surface area contributed by atoms with Gasteiger partial charge in [0.25, 0.3) is 0 Å². The number of ether oxygens (including phenoxy) is 1. The first kappa shape index (κ1) is 15.2. The van der Waals surface area contributed by atoms with Crippen molar-refractivity contribution in [1.82, 2.24) is 0 Å². The summed E-state index contributed by atoms with van der Waals surface area (Å²) in [5, 5.41) is 2.99. The SMILES string of the molecule is Cc1cccc(NC(=O)CN2CCOc3ccc(N)cc32)c1C. The van der Waals surface area contributed by atoms with Crippen molar-refractivity contribution in [1.29, 1.82) is 0 Å². The van der Waals surface area contributed by atoms with Crippen LogP contribution in [-0.4, -0.2) is 25.6 Å². The van der Waals surface area contributed by atoms with Crippen molar-refractivity contribution in [3.63, 3.8) is 0 Å². The maximum absolute atomic E-state index is 12.4. The zero-order valence-electron chi connectivity index (χ0n) is 13.4. The second kappa shape index (κ2) is 6.20. The van der Waals surface area contributed by atoms with Gasteiger partial charge in [-0.1, -0.05) is 12.1 Å². The van der Waals surface area contributed by atoms with Gasteiger partial charge in [0.05, 0.1) is 18.8 Å². The van der Waals surface area contributed by atoms with Crippen molar-refractivity contribution in [2.75, 3.05) is 35.6 Å². The maximum atomic E-state index is 12.4. The van der Waals surface area contributed by atoms with Crippen LogP contribution in [-0.2, 0) is 4.79 Å². The molecule has 0 radical (unpaired) electrons. The number of anilines is 3. The van der Waals surface area contributed by atoms with E-state index in [0.29, 0.717) is 18.8 Å². The van der Waals surface area contributed by atoms with Crippen LogP contribution >= 0.6 is 0 Å². The van der Waals surface area contributed by atoms with E-state index in [-0.39, 0.29) is 12.5 Å². The summed E-state index contributed by atoms with van der Waals surface area (Å²) in [7, 11) is 0. The Balaban J connectivity index is 1.74. The molecule has 0 saturated heterocycles. The summed E-state index contributed by atoms with van der Waals surface area (Å²) in [5.41, 5.74) is 10.5. The molecular weight excluding hydrogens is 290 g/mol. The summed E-state index contributed by atoms with van der Waals surface area (Å²) < 4.78 is 5.61. The lowest BCUT2D eigenvalue weighted by atomic mass is 10.1. The van der Waals surface area contributed by atoms with Crippen LogP contribution in [0.15, 0.2) is 36.4 Å². The van der Waals surface area contributed by atoms with Gasteiger partial charge in [0.2, 0.25) is 5.91 Å². The third-order valence-electron chi connectivity index (χ3n) is 4.16. The van der Waals surface area contributed by atoms with E-state index < -0.39 is 0 Å². The van der Waals surface area contributed by atoms with E-state index in [2.05, 4.69) is 5.32 Å². The zero-order valence-corrected chi connectivity index (χ0v) is 13.4. The Hall–Kier alpha value is -2.69. The summed E-state index contributed by atoms with van der Waals surface area (Å²) in [6.45, 7) is 5.54. The van der Waals surface area contributed by atoms with E-state index in [1.54, 1.807) is 6.07 Å². The van der Waals surface area contributed by atoms with Crippen LogP contribution in [0, 0.1) is 13.8 Å². The molecule has 1 heterocycles. The molecule has 0 bridgehead atoms. The molecular formula is C18H21N3O2. The molecule has 3 rings (SSSR count). The third-order valence-corrected chi connectivity index (χ3v) is 4.16. The van der Waals surface area contributed by atoms with E-state index in [1.807, 2.05) is 49.1 Å². The van der Waals surface area contributed by atoms with Gasteiger partial charge in [0.1, 0.15) is 12.4 Å². The molecule has 5 heteroatoms. The molecule has 0 atom stereocenters. The number of hydrogen-bond donors (Lipinski definition) is 2. The second-order valence-corrected chi connectivity index (χ2v) is 5.79. The van der Waals surface area contributed by atoms with E-state index in [9.17, 15) is 4.79 Å². The second-order valence-electron chi connectivity index (χ2n) is 5.79. The lowest BCUT2D eigenvalue weighted by Crippen LogP contribution is -2.39. The summed E-state index contributed by atoms with van der Waals surface area (Å²) in [4.78, 5) is 14.4. The molecule has 1 aliphatic heterocycles. The van der Waals surface area contributed by atoms with Crippen molar-refractivity contribution < 1.29 is 9.53 Å². The molecule has 0 fully saturated rings. The predicted molar refractivity (Wildman–Crippen MR) is 93.1 cm³/mol. The normalized spacial score (nSPS) is 13.2. The highest BCUT2D eigenvalue weighted by atomic mass is 16.5. The Morgan fingerprint density at radius 1 is 1.30 bits per heavy atom. The van der Waals surface area contributed by atoms with E-state index in [0.717, 1.165) is 28.3 Å². The van der Waals surface area contributed by atoms with Gasteiger partial charge in [0, 0.05) is 11.4 Å². The smallest absolute Gasteiger partial charge is 0.243 e. The van der Waals surface area contributed by atoms with E-state index in [1.165, 1.54) is 0 Å². The molecule has 1 aliphatic rings. The summed E-state index contributed by atoms with van der Waals surface area (Å²) in [5.74, 6) is 0.721. The average Bonchev–Trinajstić information content (AvgIpc) is 2.52. The number of carbonyl (C=O) groups excluding carboxylic acids is 1. The number of fused-ring (bicyclic) bond motifs is 1. The lowest BCUT2D eigenvalue weighted by Gasteiger charge is -2.31. The van der Waals surface area contributed by atoms with Crippen molar-refractivity contribution in [2.24, 2.45) is 0 Å². The van der Waals surface area contributed by atoms with Crippen LogP contribution in [0.3, 0.4) is 0 Å². The van der Waals surface area contributed by atoms with Gasteiger partial charge in [-0.05, 0) is 49.2 Å². The Bertz CT molecular complexity index is 743. The highest BCUT2D eigenvalue weighted by molar-refractivity contribution is 5.95. The summed E-state index contributed by atoms with van der Waals surface area (Å²) >= 11 is 0. The van der Waals surface area contributed by atoms with E-state index in [4.69, 9.17) is 10.5 Å². The Kier molecular flexibility index (Phi) is 4.10. The maximum Gasteiger partial charge on any atom is 0.243 e. The minimum atomic E-state index is -0.0472. The van der Waals surface area contributed by atoms with Gasteiger partial charge < -0.3 is 20.7 Å². The molecule has 1 amide bonds. The van der Waals surface area contributed by atoms with Crippen molar-refractivity contribution >= 4 is 23.0 Å². The number of aryl methyl sites for hydroxylation is 1. The first-order valence-electron chi connectivity index (χ1n) is 7.68. The van der Waals surface area contributed by atoms with Gasteiger partial charge in [-0.2, -0.15) is 0 Å². The van der Waals surface area contributed by atoms with Gasteiger partial charge >= 0.3 is 0 Å². The largest absolute Gasteiger partial charge is 0.490 e. The fourth-order valence-electron chi connectivity index (χ4n) is 2.70. The molecule has 120 valence electrons. The van der Waals surface area contributed by atoms with Crippen LogP contribution in [0.25, 0.3) is 0 Å². The van der Waals surface area contributed by atoms with Gasteiger partial charge in [-0.25, -0.2) is 0 Å². The van der Waals surface area contributed by atoms with Crippen LogP contribution < -0.4 is 20.7 Å². The number of rotatable bonds is 3. The first-order chi connectivity index (χ1) is 11.0. The minimum Gasteiger partial charge on any atom is -0.490 e. The molecule has 0 saturated carbocycles. The first-order valence-corrected chi connectivity index (χ1v) is 7.68. The number of nitrogens with one attached hydrogen (secondary N) is 1. The van der Waals surface area contributed by atoms with Gasteiger partial charge in [0.15, 0.2) is 0 Å². The Morgan fingerprint density at radius 3 is 2.96 bits per heavy atom. The van der Waals surface area contributed by atoms with Gasteiger partial charge in [-0.15, -0.1) is 0 Å². The molecule has 2 aromatic rings. The average molecular weight is 311 g/mol. The topological polar surface area (TPSA) is 67.6 Å². The number of carbonyl (C=O) groups is 1. The third kappa shape index (κ3) is 3.23. The molecule has 23 heavy (non-hydrogen) atoms. The van der Waals surface area contributed by atoms with E-state index >= 15 is 0 Å². The highest BCUT2D eigenvalue weighted by Crippen LogP contribution is 2.33. The monoisotopic (exact) mass is 311 g/mol. The zero-order chi connectivity index (χ0) is 16.4. The number of hydrogen-bond acceptors (Lipinski definition) is 4. The van der Waals surface area contributed by atoms with Crippen LogP contribution in [0.2, 0.25) is 0 Å². The fraction of sp³-hybridized carbons (Fsp3) is 0.278. The summed E-state index contributed by atoms with van der Waals surface area (Å²) in [6, 6.07) is 11.4. The molecule has 0 aliphatic carbocycles. The Morgan fingerprint density at radius 2 is 2.13 bits per heavy atom. The van der Waals surface area contributed by atoms with Crippen LogP contribution in [0.1, 0.15) is 11.1 Å². The Labute approximate surface area is 136 Å². The lowest BCUT2D eigenvalue weighted by molar-refractivity contribution is -0.115. The number of amides is 1. The standard InChI is InChI=1S/C18H21N3O2/c1-12-4-3-5-15(13(12)2)20-18(22)11-21-8-9-23-17-7-6-14(19)10-16(17)21/h3-7,10H,8-9,11,19H2,1-2H3,(H,20,22). The number of nitrogen functional groups attached to an aromatic ring is 1. The van der Waals surface area contributed by atoms with Crippen molar-refractivity contribution in [3.8, 4) is 5.75 Å². The number of nitrogens with zero attached hydrogens (tertiary/aromatic N) is 1. The van der Waals surface area contributed by atoms with Crippen LogP contribution in [0.4, 0.5) is 17.1 Å². The minimum absolute atomic E-state index is 0.0472. The number of nitrogens with two attached hydrogens (primary N) is 1. The van der Waals surface area contributed by atoms with Crippen molar-refractivity contribution in [2.45, 2.75) is 13.8 Å². The van der Waals surface area contributed by atoms with Gasteiger partial charge in [-0.3, -0.25) is 4.79 Å². The molecule has 0 aromatic heterocycles. The molecule has 5 nitrogen and oxygen atoms in total. The highest BCUT2D eigenvalue weighted by Gasteiger charge is 2.20. The fourth-order valence-corrected chi connectivity index (χ4v) is 2.70. The molecule has 2 aromatic carbocycles. The van der Waals surface area contributed by atoms with Crippen LogP contribution in [0.5, 0.6) is 5.75 Å². The summed E-state index contributed by atoms with van der Waals surface area (Å²) in [6.07, 6.45) is 0. The molecule has 0 unspecified atom stereocenters. The van der Waals surface area contributed by atoms with Crippen molar-refractivity contribution in [3.05, 3.63) is 47.5 Å². The molecule has 3 N–H and O–H groups in total. The quantitative estimate of drug-likeness (QED) is 0.855. The number of benzene rings is 2. The molecule has 0 spiro atoms. The predicted octanol–water partition coefficient (Wildman–Crippen LogP) is 2.72.